The van der Waals surface area contributed by atoms with Crippen LogP contribution in [0.15, 0.2) is 69.7 Å². The largest absolute Gasteiger partial charge is 0.463 e. The molecule has 0 saturated carbocycles. The van der Waals surface area contributed by atoms with E-state index in [4.69, 9.17) is 10.2 Å². The van der Waals surface area contributed by atoms with E-state index < -0.39 is 11.9 Å². The Morgan fingerprint density at radius 1 is 1.10 bits per heavy atom. The summed E-state index contributed by atoms with van der Waals surface area (Å²) < 4.78 is 5.51. The second-order valence-electron chi connectivity index (χ2n) is 7.79. The lowest BCUT2D eigenvalue weighted by Crippen LogP contribution is -2.51. The molecule has 1 aromatic carbocycles. The predicted octanol–water partition coefficient (Wildman–Crippen LogP) is 2.93. The zero-order valence-electron chi connectivity index (χ0n) is 16.8. The number of fused-ring (bicyclic) bond motifs is 1. The van der Waals surface area contributed by atoms with Crippen molar-refractivity contribution in [1.29, 1.82) is 0 Å². The van der Waals surface area contributed by atoms with E-state index >= 15 is 0 Å². The number of thiophene rings is 1. The molecule has 0 spiro atoms. The molecule has 0 saturated heterocycles. The fourth-order valence-corrected chi connectivity index (χ4v) is 5.12. The summed E-state index contributed by atoms with van der Waals surface area (Å²) in [5.41, 5.74) is 8.65. The minimum atomic E-state index is -0.518. The molecule has 158 valence electrons. The van der Waals surface area contributed by atoms with Crippen molar-refractivity contribution >= 4 is 28.9 Å². The third-order valence-corrected chi connectivity index (χ3v) is 6.83. The molecule has 4 heterocycles. The smallest absolute Gasteiger partial charge is 0.257 e. The van der Waals surface area contributed by atoms with E-state index in [2.05, 4.69) is 5.10 Å². The summed E-state index contributed by atoms with van der Waals surface area (Å²) >= 11 is 1.60. The molecule has 5 rings (SSSR count). The number of hydrazone groups is 1. The Morgan fingerprint density at radius 2 is 1.94 bits per heavy atom. The van der Waals surface area contributed by atoms with Crippen LogP contribution in [0.4, 0.5) is 0 Å². The van der Waals surface area contributed by atoms with Gasteiger partial charge in [-0.3, -0.25) is 14.5 Å². The summed E-state index contributed by atoms with van der Waals surface area (Å²) in [6.45, 7) is 0.570. The molecule has 0 aliphatic carbocycles. The quantitative estimate of drug-likeness (QED) is 0.668. The van der Waals surface area contributed by atoms with Crippen molar-refractivity contribution in [3.8, 4) is 0 Å². The van der Waals surface area contributed by atoms with Gasteiger partial charge in [0.25, 0.3) is 5.91 Å². The number of hydrogen-bond donors (Lipinski definition) is 1. The number of rotatable bonds is 5. The Hall–Kier alpha value is -3.23. The Bertz CT molecular complexity index is 1120. The molecule has 2 N–H and O–H groups in total. The van der Waals surface area contributed by atoms with Crippen LogP contribution < -0.4 is 5.73 Å². The van der Waals surface area contributed by atoms with Crippen LogP contribution in [-0.4, -0.2) is 40.0 Å². The lowest BCUT2D eigenvalue weighted by molar-refractivity contribution is -0.136. The van der Waals surface area contributed by atoms with Crippen molar-refractivity contribution in [2.75, 3.05) is 6.54 Å². The van der Waals surface area contributed by atoms with Gasteiger partial charge < -0.3 is 10.2 Å². The van der Waals surface area contributed by atoms with Crippen LogP contribution in [-0.2, 0) is 22.6 Å². The van der Waals surface area contributed by atoms with Gasteiger partial charge in [0.05, 0.1) is 24.9 Å². The fraction of sp³-hybridized carbons (Fsp3) is 0.261. The molecule has 7 nitrogen and oxygen atoms in total. The van der Waals surface area contributed by atoms with E-state index in [-0.39, 0.29) is 18.5 Å². The number of benzene rings is 1. The normalized spacial score (nSPS) is 21.0. The van der Waals surface area contributed by atoms with Gasteiger partial charge in [-0.15, -0.1) is 11.3 Å². The molecule has 2 aliphatic heterocycles. The first-order valence-electron chi connectivity index (χ1n) is 10.2. The first-order chi connectivity index (χ1) is 15.1. The summed E-state index contributed by atoms with van der Waals surface area (Å²) in [5.74, 6) is 0.0858. The number of hydrogen-bond acceptors (Lipinski definition) is 6. The Balaban J connectivity index is 1.41. The van der Waals surface area contributed by atoms with E-state index in [9.17, 15) is 9.59 Å². The van der Waals surface area contributed by atoms with Gasteiger partial charge in [-0.1, -0.05) is 30.3 Å². The number of nitrogens with zero attached hydrogens (tertiary/aromatic N) is 3. The van der Waals surface area contributed by atoms with Crippen molar-refractivity contribution < 1.29 is 14.0 Å². The first-order valence-corrected chi connectivity index (χ1v) is 11.0. The van der Waals surface area contributed by atoms with Crippen molar-refractivity contribution in [2.45, 2.75) is 31.5 Å². The fourth-order valence-electron chi connectivity index (χ4n) is 4.30. The summed E-state index contributed by atoms with van der Waals surface area (Å²) in [6.07, 6.45) is 2.70. The Morgan fingerprint density at radius 3 is 2.65 bits per heavy atom. The topological polar surface area (TPSA) is 92.1 Å². The van der Waals surface area contributed by atoms with Gasteiger partial charge in [0.1, 0.15) is 11.5 Å². The Labute approximate surface area is 183 Å². The third-order valence-electron chi connectivity index (χ3n) is 5.86. The molecule has 2 aliphatic rings. The van der Waals surface area contributed by atoms with E-state index in [1.807, 2.05) is 58.8 Å². The summed E-state index contributed by atoms with van der Waals surface area (Å²) in [6, 6.07) is 14.9. The average Bonchev–Trinajstić information content (AvgIpc) is 3.54. The zero-order valence-corrected chi connectivity index (χ0v) is 17.6. The van der Waals surface area contributed by atoms with Crippen LogP contribution in [0.1, 0.15) is 34.2 Å². The molecule has 0 bridgehead atoms. The van der Waals surface area contributed by atoms with Gasteiger partial charge in [-0.05, 0) is 41.1 Å². The highest BCUT2D eigenvalue weighted by Crippen LogP contribution is 2.35. The highest BCUT2D eigenvalue weighted by molar-refractivity contribution is 7.10. The second kappa shape index (κ2) is 8.13. The molecule has 2 amide bonds. The van der Waals surface area contributed by atoms with E-state index in [0.29, 0.717) is 25.1 Å². The predicted molar refractivity (Wildman–Crippen MR) is 117 cm³/mol. The van der Waals surface area contributed by atoms with Crippen LogP contribution in [0.3, 0.4) is 0 Å². The van der Waals surface area contributed by atoms with Crippen molar-refractivity contribution in [3.63, 3.8) is 0 Å². The maximum Gasteiger partial charge on any atom is 0.257 e. The molecule has 2 atom stereocenters. The van der Waals surface area contributed by atoms with Crippen molar-refractivity contribution in [2.24, 2.45) is 10.8 Å². The standard InChI is InChI=1S/C23H22N4O3S/c24-23(29)19-11-15-5-1-2-6-16(15)13-26(19)14-22(28)27-18(21-8-4-10-31-21)12-17(25-27)20-7-3-9-30-20/h1-10,18-19H,11-14H2,(H2,24,29)/t18?,19-/m0/s1. The number of amides is 2. The third kappa shape index (κ3) is 3.80. The van der Waals surface area contributed by atoms with Crippen LogP contribution in [0.5, 0.6) is 0 Å². The minimum absolute atomic E-state index is 0.0682. The molecule has 2 aromatic heterocycles. The number of carbonyl (C=O) groups excluding carboxylic acids is 2. The monoisotopic (exact) mass is 434 g/mol. The van der Waals surface area contributed by atoms with Crippen LogP contribution in [0.2, 0.25) is 0 Å². The highest BCUT2D eigenvalue weighted by Gasteiger charge is 2.37. The molecule has 8 heteroatoms. The van der Waals surface area contributed by atoms with Gasteiger partial charge >= 0.3 is 0 Å². The Kier molecular flexibility index (Phi) is 5.17. The average molecular weight is 435 g/mol. The minimum Gasteiger partial charge on any atom is -0.463 e. The van der Waals surface area contributed by atoms with E-state index in [0.717, 1.165) is 21.7 Å². The van der Waals surface area contributed by atoms with Gasteiger partial charge in [0, 0.05) is 17.8 Å². The molecule has 31 heavy (non-hydrogen) atoms. The maximum atomic E-state index is 13.4. The molecular formula is C23H22N4O3S. The van der Waals surface area contributed by atoms with Gasteiger partial charge in [-0.2, -0.15) is 5.10 Å². The van der Waals surface area contributed by atoms with Crippen LogP contribution >= 0.6 is 11.3 Å². The summed E-state index contributed by atoms with van der Waals surface area (Å²) in [5, 5.41) is 8.16. The highest BCUT2D eigenvalue weighted by atomic mass is 32.1. The molecule has 0 fully saturated rings. The van der Waals surface area contributed by atoms with Crippen molar-refractivity contribution in [1.82, 2.24) is 9.91 Å². The number of carbonyl (C=O) groups is 2. The van der Waals surface area contributed by atoms with E-state index in [1.165, 1.54) is 0 Å². The maximum absolute atomic E-state index is 13.4. The SMILES string of the molecule is NC(=O)[C@@H]1Cc2ccccc2CN1CC(=O)N1N=C(c2ccco2)CC1c1cccs1. The number of furan rings is 1. The zero-order chi connectivity index (χ0) is 21.4. The summed E-state index contributed by atoms with van der Waals surface area (Å²) in [7, 11) is 0. The number of nitrogens with two attached hydrogens (primary N) is 1. The van der Waals surface area contributed by atoms with Crippen LogP contribution in [0, 0.1) is 0 Å². The van der Waals surface area contributed by atoms with Gasteiger partial charge in [0.2, 0.25) is 5.91 Å². The van der Waals surface area contributed by atoms with Crippen LogP contribution in [0.25, 0.3) is 0 Å². The van der Waals surface area contributed by atoms with Gasteiger partial charge in [0.15, 0.2) is 0 Å². The molecular weight excluding hydrogens is 412 g/mol. The molecule has 3 aromatic rings. The molecule has 1 unspecified atom stereocenters. The second-order valence-corrected chi connectivity index (χ2v) is 8.77. The summed E-state index contributed by atoms with van der Waals surface area (Å²) in [4.78, 5) is 28.5. The number of primary amides is 1. The van der Waals surface area contributed by atoms with Gasteiger partial charge in [-0.25, -0.2) is 5.01 Å². The lowest BCUT2D eigenvalue weighted by atomic mass is 9.93. The van der Waals surface area contributed by atoms with Crippen molar-refractivity contribution in [3.05, 3.63) is 81.9 Å². The molecule has 0 radical (unpaired) electrons. The van der Waals surface area contributed by atoms with E-state index in [1.54, 1.807) is 22.6 Å². The first kappa shape index (κ1) is 19.7. The lowest BCUT2D eigenvalue weighted by Gasteiger charge is -2.35.